The quantitative estimate of drug-likeness (QED) is 0.819. The Morgan fingerprint density at radius 2 is 2.05 bits per heavy atom. The van der Waals surface area contributed by atoms with Gasteiger partial charge in [-0.05, 0) is 58.7 Å². The van der Waals surface area contributed by atoms with Gasteiger partial charge in [0.05, 0.1) is 5.02 Å². The van der Waals surface area contributed by atoms with Crippen molar-refractivity contribution in [2.45, 2.75) is 13.5 Å². The molecule has 2 N–H and O–H groups in total. The van der Waals surface area contributed by atoms with Crippen molar-refractivity contribution in [3.8, 4) is 0 Å². The summed E-state index contributed by atoms with van der Waals surface area (Å²) in [5.41, 5.74) is 2.67. The third-order valence-corrected chi connectivity index (χ3v) is 4.16. The SMILES string of the molecule is CCNC(=O)c1cccc(NCc2ccc(Cl)c(Br)c2)c1. The number of nitrogens with one attached hydrogen (secondary N) is 2. The fraction of sp³-hybridized carbons (Fsp3) is 0.188. The minimum atomic E-state index is -0.0598. The van der Waals surface area contributed by atoms with Crippen LogP contribution in [-0.4, -0.2) is 12.5 Å². The highest BCUT2D eigenvalue weighted by atomic mass is 79.9. The third-order valence-electron chi connectivity index (χ3n) is 2.94. The van der Waals surface area contributed by atoms with Gasteiger partial charge in [-0.3, -0.25) is 4.79 Å². The van der Waals surface area contributed by atoms with Gasteiger partial charge in [0, 0.05) is 28.8 Å². The summed E-state index contributed by atoms with van der Waals surface area (Å²) < 4.78 is 0.875. The van der Waals surface area contributed by atoms with Gasteiger partial charge in [-0.1, -0.05) is 23.7 Å². The lowest BCUT2D eigenvalue weighted by molar-refractivity contribution is 0.0956. The van der Waals surface area contributed by atoms with Crippen LogP contribution in [0.3, 0.4) is 0 Å². The van der Waals surface area contributed by atoms with Crippen LogP contribution in [0.1, 0.15) is 22.8 Å². The predicted molar refractivity (Wildman–Crippen MR) is 90.9 cm³/mol. The van der Waals surface area contributed by atoms with Gasteiger partial charge >= 0.3 is 0 Å². The van der Waals surface area contributed by atoms with Gasteiger partial charge in [-0.2, -0.15) is 0 Å². The summed E-state index contributed by atoms with van der Waals surface area (Å²) in [5.74, 6) is -0.0598. The van der Waals surface area contributed by atoms with Crippen molar-refractivity contribution in [2.24, 2.45) is 0 Å². The first-order valence-corrected chi connectivity index (χ1v) is 7.83. The minimum absolute atomic E-state index is 0.0598. The van der Waals surface area contributed by atoms with Crippen molar-refractivity contribution in [1.82, 2.24) is 5.32 Å². The number of hydrogen-bond acceptors (Lipinski definition) is 2. The lowest BCUT2D eigenvalue weighted by atomic mass is 10.1. The Bertz CT molecular complexity index is 646. The number of halogens is 2. The fourth-order valence-corrected chi connectivity index (χ4v) is 2.43. The van der Waals surface area contributed by atoms with Crippen LogP contribution in [0.15, 0.2) is 46.9 Å². The highest BCUT2D eigenvalue weighted by Crippen LogP contribution is 2.23. The largest absolute Gasteiger partial charge is 0.381 e. The molecule has 0 aliphatic heterocycles. The molecule has 2 aromatic carbocycles. The predicted octanol–water partition coefficient (Wildman–Crippen LogP) is 4.46. The Morgan fingerprint density at radius 3 is 2.76 bits per heavy atom. The lowest BCUT2D eigenvalue weighted by Crippen LogP contribution is -2.22. The van der Waals surface area contributed by atoms with Gasteiger partial charge in [-0.25, -0.2) is 0 Å². The molecule has 0 bridgehead atoms. The van der Waals surface area contributed by atoms with E-state index in [4.69, 9.17) is 11.6 Å². The summed E-state index contributed by atoms with van der Waals surface area (Å²) in [6.07, 6.45) is 0. The average Bonchev–Trinajstić information content (AvgIpc) is 2.49. The lowest BCUT2D eigenvalue weighted by Gasteiger charge is -2.09. The van der Waals surface area contributed by atoms with Crippen molar-refractivity contribution < 1.29 is 4.79 Å². The average molecular weight is 368 g/mol. The molecule has 5 heteroatoms. The second-order valence-electron chi connectivity index (χ2n) is 4.54. The molecule has 21 heavy (non-hydrogen) atoms. The van der Waals surface area contributed by atoms with E-state index in [9.17, 15) is 4.79 Å². The van der Waals surface area contributed by atoms with Gasteiger partial charge < -0.3 is 10.6 Å². The zero-order chi connectivity index (χ0) is 15.2. The van der Waals surface area contributed by atoms with Crippen LogP contribution in [0, 0.1) is 0 Å². The normalized spacial score (nSPS) is 10.2. The van der Waals surface area contributed by atoms with Crippen LogP contribution in [0.4, 0.5) is 5.69 Å². The molecule has 0 atom stereocenters. The molecule has 0 aliphatic carbocycles. The second kappa shape index (κ2) is 7.48. The van der Waals surface area contributed by atoms with E-state index in [0.29, 0.717) is 23.7 Å². The molecular formula is C16H16BrClN2O. The van der Waals surface area contributed by atoms with Crippen LogP contribution in [0.2, 0.25) is 5.02 Å². The van der Waals surface area contributed by atoms with Gasteiger partial charge in [0.2, 0.25) is 0 Å². The molecule has 2 rings (SSSR count). The zero-order valence-electron chi connectivity index (χ0n) is 11.6. The molecule has 3 nitrogen and oxygen atoms in total. The third kappa shape index (κ3) is 4.48. The number of carbonyl (C=O) groups is 1. The molecule has 0 aliphatic rings. The first-order valence-electron chi connectivity index (χ1n) is 6.66. The molecule has 0 fully saturated rings. The van der Waals surface area contributed by atoms with Crippen molar-refractivity contribution in [2.75, 3.05) is 11.9 Å². The maximum absolute atomic E-state index is 11.8. The van der Waals surface area contributed by atoms with E-state index in [1.807, 2.05) is 43.3 Å². The number of carbonyl (C=O) groups excluding carboxylic acids is 1. The Morgan fingerprint density at radius 1 is 1.24 bits per heavy atom. The summed E-state index contributed by atoms with van der Waals surface area (Å²) in [4.78, 5) is 11.8. The van der Waals surface area contributed by atoms with Crippen LogP contribution < -0.4 is 10.6 Å². The van der Waals surface area contributed by atoms with Gasteiger partial charge in [0.15, 0.2) is 0 Å². The van der Waals surface area contributed by atoms with Crippen LogP contribution in [-0.2, 0) is 6.54 Å². The Hall–Kier alpha value is -1.52. The van der Waals surface area contributed by atoms with Crippen LogP contribution >= 0.6 is 27.5 Å². The Kier molecular flexibility index (Phi) is 5.65. The van der Waals surface area contributed by atoms with Crippen molar-refractivity contribution in [3.63, 3.8) is 0 Å². The number of rotatable bonds is 5. The van der Waals surface area contributed by atoms with Crippen LogP contribution in [0.5, 0.6) is 0 Å². The standard InChI is InChI=1S/C16H16BrClN2O/c1-2-19-16(21)12-4-3-5-13(9-12)20-10-11-6-7-15(18)14(17)8-11/h3-9,20H,2,10H2,1H3,(H,19,21). The fourth-order valence-electron chi connectivity index (χ4n) is 1.89. The second-order valence-corrected chi connectivity index (χ2v) is 5.80. The molecular weight excluding hydrogens is 352 g/mol. The first-order chi connectivity index (χ1) is 10.1. The van der Waals surface area contributed by atoms with E-state index in [-0.39, 0.29) is 5.91 Å². The maximum atomic E-state index is 11.8. The summed E-state index contributed by atoms with van der Waals surface area (Å²) in [6, 6.07) is 13.2. The number of benzene rings is 2. The topological polar surface area (TPSA) is 41.1 Å². The van der Waals surface area contributed by atoms with Crippen LogP contribution in [0.25, 0.3) is 0 Å². The van der Waals surface area contributed by atoms with E-state index in [2.05, 4.69) is 26.6 Å². The molecule has 0 heterocycles. The monoisotopic (exact) mass is 366 g/mol. The smallest absolute Gasteiger partial charge is 0.251 e. The summed E-state index contributed by atoms with van der Waals surface area (Å²) in [5, 5.41) is 6.78. The van der Waals surface area contributed by atoms with E-state index in [1.165, 1.54) is 0 Å². The van der Waals surface area contributed by atoms with E-state index in [0.717, 1.165) is 15.7 Å². The number of amides is 1. The minimum Gasteiger partial charge on any atom is -0.381 e. The van der Waals surface area contributed by atoms with Crippen molar-refractivity contribution >= 4 is 39.1 Å². The molecule has 0 unspecified atom stereocenters. The molecule has 0 spiro atoms. The summed E-state index contributed by atoms with van der Waals surface area (Å²) in [7, 11) is 0. The zero-order valence-corrected chi connectivity index (χ0v) is 14.0. The molecule has 2 aromatic rings. The Balaban J connectivity index is 2.04. The van der Waals surface area contributed by atoms with Gasteiger partial charge in [0.1, 0.15) is 0 Å². The number of hydrogen-bond donors (Lipinski definition) is 2. The van der Waals surface area contributed by atoms with E-state index in [1.54, 1.807) is 6.07 Å². The Labute approximate surface area is 137 Å². The highest BCUT2D eigenvalue weighted by molar-refractivity contribution is 9.10. The van der Waals surface area contributed by atoms with E-state index < -0.39 is 0 Å². The molecule has 1 amide bonds. The molecule has 0 saturated heterocycles. The molecule has 0 saturated carbocycles. The summed E-state index contributed by atoms with van der Waals surface area (Å²) >= 11 is 9.38. The van der Waals surface area contributed by atoms with Gasteiger partial charge in [0.25, 0.3) is 5.91 Å². The molecule has 0 radical (unpaired) electrons. The summed E-state index contributed by atoms with van der Waals surface area (Å²) in [6.45, 7) is 3.18. The van der Waals surface area contributed by atoms with Gasteiger partial charge in [-0.15, -0.1) is 0 Å². The molecule has 110 valence electrons. The highest BCUT2D eigenvalue weighted by Gasteiger charge is 2.05. The van der Waals surface area contributed by atoms with E-state index >= 15 is 0 Å². The number of anilines is 1. The van der Waals surface area contributed by atoms with Crippen molar-refractivity contribution in [1.29, 1.82) is 0 Å². The van der Waals surface area contributed by atoms with Crippen molar-refractivity contribution in [3.05, 3.63) is 63.1 Å². The maximum Gasteiger partial charge on any atom is 0.251 e. The first kappa shape index (κ1) is 15.9. The molecule has 0 aromatic heterocycles.